The average Bonchev–Trinajstić information content (AvgIpc) is 2.39. The van der Waals surface area contributed by atoms with Gasteiger partial charge in [-0.2, -0.15) is 5.26 Å². The molecule has 0 aliphatic carbocycles. The van der Waals surface area contributed by atoms with Gasteiger partial charge in [-0.3, -0.25) is 0 Å². The fourth-order valence-corrected chi connectivity index (χ4v) is 1.32. The highest BCUT2D eigenvalue weighted by molar-refractivity contribution is 5.58. The lowest BCUT2D eigenvalue weighted by molar-refractivity contribution is 0.411. The summed E-state index contributed by atoms with van der Waals surface area (Å²) in [4.78, 5) is 8.11. The highest BCUT2D eigenvalue weighted by atomic mass is 19.1. The number of methoxy groups -OCH3 is 1. The second-order valence-corrected chi connectivity index (χ2v) is 3.25. The van der Waals surface area contributed by atoms with E-state index in [-0.39, 0.29) is 5.56 Å². The maximum atomic E-state index is 13.1. The van der Waals surface area contributed by atoms with Gasteiger partial charge in [-0.25, -0.2) is 14.4 Å². The molecule has 1 aromatic heterocycles. The van der Waals surface area contributed by atoms with Gasteiger partial charge in [0.1, 0.15) is 11.9 Å². The van der Waals surface area contributed by atoms with Crippen LogP contribution in [0.2, 0.25) is 0 Å². The Hall–Kier alpha value is -2.48. The van der Waals surface area contributed by atoms with Crippen molar-refractivity contribution in [3.05, 3.63) is 42.0 Å². The van der Waals surface area contributed by atoms with Gasteiger partial charge in [-0.05, 0) is 18.2 Å². The molecule has 0 spiro atoms. The van der Waals surface area contributed by atoms with Crippen LogP contribution in [0.1, 0.15) is 5.56 Å². The van der Waals surface area contributed by atoms with E-state index in [9.17, 15) is 4.39 Å². The summed E-state index contributed by atoms with van der Waals surface area (Å²) in [7, 11) is 1.52. The average molecular weight is 229 g/mol. The van der Waals surface area contributed by atoms with Crippen LogP contribution >= 0.6 is 0 Å². The third-order valence-electron chi connectivity index (χ3n) is 2.21. The SMILES string of the molecule is COc1cnc(-c2ccc(F)c(C#N)c2)nc1. The van der Waals surface area contributed by atoms with Crippen molar-refractivity contribution >= 4 is 0 Å². The number of aromatic nitrogens is 2. The first-order chi connectivity index (χ1) is 8.24. The summed E-state index contributed by atoms with van der Waals surface area (Å²) < 4.78 is 18.1. The predicted octanol–water partition coefficient (Wildman–Crippen LogP) is 2.16. The van der Waals surface area contributed by atoms with E-state index < -0.39 is 5.82 Å². The van der Waals surface area contributed by atoms with Crippen LogP contribution in [0.3, 0.4) is 0 Å². The Morgan fingerprint density at radius 1 is 1.29 bits per heavy atom. The third-order valence-corrected chi connectivity index (χ3v) is 2.21. The van der Waals surface area contributed by atoms with Crippen molar-refractivity contribution in [3.8, 4) is 23.2 Å². The molecule has 17 heavy (non-hydrogen) atoms. The quantitative estimate of drug-likeness (QED) is 0.791. The molecular formula is C12H8FN3O. The van der Waals surface area contributed by atoms with Crippen LogP contribution in [0.15, 0.2) is 30.6 Å². The second kappa shape index (κ2) is 4.58. The molecule has 0 N–H and O–H groups in total. The zero-order chi connectivity index (χ0) is 12.3. The van der Waals surface area contributed by atoms with Crippen molar-refractivity contribution in [2.75, 3.05) is 7.11 Å². The van der Waals surface area contributed by atoms with Gasteiger partial charge < -0.3 is 4.74 Å². The number of hydrogen-bond acceptors (Lipinski definition) is 4. The predicted molar refractivity (Wildman–Crippen MR) is 58.7 cm³/mol. The minimum absolute atomic E-state index is 0.0260. The van der Waals surface area contributed by atoms with Gasteiger partial charge in [0.15, 0.2) is 11.6 Å². The molecule has 1 aromatic carbocycles. The second-order valence-electron chi connectivity index (χ2n) is 3.25. The zero-order valence-corrected chi connectivity index (χ0v) is 9.01. The molecule has 0 atom stereocenters. The van der Waals surface area contributed by atoms with Crippen LogP contribution in [0.5, 0.6) is 5.75 Å². The molecule has 0 saturated carbocycles. The van der Waals surface area contributed by atoms with Gasteiger partial charge in [0, 0.05) is 5.56 Å². The molecule has 0 radical (unpaired) electrons. The Morgan fingerprint density at radius 3 is 2.59 bits per heavy atom. The first kappa shape index (κ1) is 11.0. The van der Waals surface area contributed by atoms with E-state index in [1.54, 1.807) is 6.07 Å². The Morgan fingerprint density at radius 2 is 2.00 bits per heavy atom. The molecule has 0 unspecified atom stereocenters. The van der Waals surface area contributed by atoms with Crippen LogP contribution in [-0.4, -0.2) is 17.1 Å². The monoisotopic (exact) mass is 229 g/mol. The van der Waals surface area contributed by atoms with Gasteiger partial charge in [0.25, 0.3) is 0 Å². The fraction of sp³-hybridized carbons (Fsp3) is 0.0833. The normalized spacial score (nSPS) is 9.71. The van der Waals surface area contributed by atoms with E-state index in [1.807, 2.05) is 0 Å². The van der Waals surface area contributed by atoms with Crippen LogP contribution in [0, 0.1) is 17.1 Å². The lowest BCUT2D eigenvalue weighted by atomic mass is 10.1. The molecule has 0 aliphatic rings. The van der Waals surface area contributed by atoms with Crippen LogP contribution < -0.4 is 4.74 Å². The molecule has 1 heterocycles. The van der Waals surface area contributed by atoms with Gasteiger partial charge in [-0.15, -0.1) is 0 Å². The van der Waals surface area contributed by atoms with Gasteiger partial charge in [0.2, 0.25) is 0 Å². The lowest BCUT2D eigenvalue weighted by Gasteiger charge is -2.02. The molecule has 0 fully saturated rings. The summed E-state index contributed by atoms with van der Waals surface area (Å²) in [6, 6.07) is 5.94. The van der Waals surface area contributed by atoms with Gasteiger partial charge in [0.05, 0.1) is 25.1 Å². The molecule has 0 aliphatic heterocycles. The van der Waals surface area contributed by atoms with Crippen LogP contribution in [0.25, 0.3) is 11.4 Å². The number of hydrogen-bond donors (Lipinski definition) is 0. The molecule has 0 saturated heterocycles. The number of benzene rings is 1. The van der Waals surface area contributed by atoms with E-state index in [0.717, 1.165) is 0 Å². The summed E-state index contributed by atoms with van der Waals surface area (Å²) >= 11 is 0. The number of nitriles is 1. The maximum absolute atomic E-state index is 13.1. The highest BCUT2D eigenvalue weighted by Gasteiger charge is 2.06. The number of halogens is 1. The summed E-state index contributed by atoms with van der Waals surface area (Å²) in [5, 5.41) is 8.72. The first-order valence-electron chi connectivity index (χ1n) is 4.80. The fourth-order valence-electron chi connectivity index (χ4n) is 1.32. The van der Waals surface area contributed by atoms with Crippen molar-refractivity contribution in [3.63, 3.8) is 0 Å². The van der Waals surface area contributed by atoms with Gasteiger partial charge in [-0.1, -0.05) is 0 Å². The molecule has 2 rings (SSSR count). The highest BCUT2D eigenvalue weighted by Crippen LogP contribution is 2.19. The standard InChI is InChI=1S/C12H8FN3O/c1-17-10-6-15-12(16-7-10)8-2-3-11(13)9(4-8)5-14/h2-4,6-7H,1H3. The van der Waals surface area contributed by atoms with Crippen LogP contribution in [0.4, 0.5) is 4.39 Å². The summed E-state index contributed by atoms with van der Waals surface area (Å²) in [6.45, 7) is 0. The van der Waals surface area contributed by atoms with Crippen LogP contribution in [-0.2, 0) is 0 Å². The van der Waals surface area contributed by atoms with Crippen molar-refractivity contribution < 1.29 is 9.13 Å². The molecule has 84 valence electrons. The van der Waals surface area contributed by atoms with E-state index in [4.69, 9.17) is 10.00 Å². The number of rotatable bonds is 2. The minimum atomic E-state index is -0.551. The van der Waals surface area contributed by atoms with Crippen molar-refractivity contribution in [2.24, 2.45) is 0 Å². The van der Waals surface area contributed by atoms with E-state index >= 15 is 0 Å². The topological polar surface area (TPSA) is 58.8 Å². The van der Waals surface area contributed by atoms with Crippen molar-refractivity contribution in [1.82, 2.24) is 9.97 Å². The Balaban J connectivity index is 2.43. The summed E-state index contributed by atoms with van der Waals surface area (Å²) in [6.07, 6.45) is 3.02. The Kier molecular flexibility index (Phi) is 2.97. The smallest absolute Gasteiger partial charge is 0.159 e. The maximum Gasteiger partial charge on any atom is 0.159 e. The van der Waals surface area contributed by atoms with Crippen molar-refractivity contribution in [1.29, 1.82) is 5.26 Å². The van der Waals surface area contributed by atoms with Crippen molar-refractivity contribution in [2.45, 2.75) is 0 Å². The minimum Gasteiger partial charge on any atom is -0.494 e. The molecule has 2 aromatic rings. The largest absolute Gasteiger partial charge is 0.494 e. The third kappa shape index (κ3) is 2.21. The lowest BCUT2D eigenvalue weighted by Crippen LogP contribution is -1.92. The Labute approximate surface area is 97.3 Å². The molecule has 0 amide bonds. The molecule has 5 heteroatoms. The first-order valence-corrected chi connectivity index (χ1v) is 4.80. The van der Waals surface area contributed by atoms with E-state index in [0.29, 0.717) is 17.1 Å². The zero-order valence-electron chi connectivity index (χ0n) is 9.01. The van der Waals surface area contributed by atoms with Gasteiger partial charge >= 0.3 is 0 Å². The molecular weight excluding hydrogens is 221 g/mol. The molecule has 4 nitrogen and oxygen atoms in total. The Bertz CT molecular complexity index is 575. The summed E-state index contributed by atoms with van der Waals surface area (Å²) in [5.74, 6) is 0.406. The summed E-state index contributed by atoms with van der Waals surface area (Å²) in [5.41, 5.74) is 0.563. The van der Waals surface area contributed by atoms with E-state index in [1.165, 1.54) is 37.7 Å². The number of ether oxygens (including phenoxy) is 1. The van der Waals surface area contributed by atoms with E-state index in [2.05, 4.69) is 9.97 Å². The molecule has 0 bridgehead atoms. The number of nitrogens with zero attached hydrogens (tertiary/aromatic N) is 3.